The number of aryl methyl sites for hydroxylation is 1. The van der Waals surface area contributed by atoms with Crippen molar-refractivity contribution in [3.8, 4) is 5.75 Å². The maximum Gasteiger partial charge on any atom is 0.142 e. The molecular formula is C13H21NO. The number of anilines is 1. The predicted molar refractivity (Wildman–Crippen MR) is 65.2 cm³/mol. The molecule has 0 bridgehead atoms. The third-order valence-corrected chi connectivity index (χ3v) is 2.55. The first-order valence-corrected chi connectivity index (χ1v) is 5.48. The molecule has 0 heterocycles. The van der Waals surface area contributed by atoms with Gasteiger partial charge in [0.25, 0.3) is 0 Å². The minimum absolute atomic E-state index is 0.0675. The largest absolute Gasteiger partial charge is 0.505 e. The number of benzene rings is 1. The molecule has 1 rings (SSSR count). The van der Waals surface area contributed by atoms with Crippen molar-refractivity contribution in [3.05, 3.63) is 23.3 Å². The minimum atomic E-state index is -0.0675. The summed E-state index contributed by atoms with van der Waals surface area (Å²) in [5, 5.41) is 9.90. The van der Waals surface area contributed by atoms with Gasteiger partial charge in [-0.25, -0.2) is 0 Å². The van der Waals surface area contributed by atoms with Crippen LogP contribution in [0.2, 0.25) is 0 Å². The first kappa shape index (κ1) is 11.9. The Morgan fingerprint density at radius 2 is 1.87 bits per heavy atom. The topological polar surface area (TPSA) is 46.2 Å². The van der Waals surface area contributed by atoms with E-state index in [1.807, 2.05) is 6.07 Å². The van der Waals surface area contributed by atoms with Gasteiger partial charge in [0.05, 0.1) is 5.69 Å². The van der Waals surface area contributed by atoms with E-state index in [9.17, 15) is 5.11 Å². The molecular weight excluding hydrogens is 186 g/mol. The number of hydrogen-bond donors (Lipinski definition) is 2. The molecule has 0 aliphatic heterocycles. The molecule has 2 heteroatoms. The summed E-state index contributed by atoms with van der Waals surface area (Å²) in [4.78, 5) is 0. The van der Waals surface area contributed by atoms with E-state index in [2.05, 4.69) is 33.8 Å². The molecule has 84 valence electrons. The fourth-order valence-electron chi connectivity index (χ4n) is 1.72. The van der Waals surface area contributed by atoms with E-state index >= 15 is 0 Å². The molecule has 0 aliphatic carbocycles. The summed E-state index contributed by atoms with van der Waals surface area (Å²) in [6.07, 6.45) is 2.10. The van der Waals surface area contributed by atoms with Crippen LogP contribution >= 0.6 is 0 Å². The number of aromatic hydroxyl groups is 1. The van der Waals surface area contributed by atoms with E-state index in [0.29, 0.717) is 5.69 Å². The highest BCUT2D eigenvalue weighted by molar-refractivity contribution is 5.59. The lowest BCUT2D eigenvalue weighted by Gasteiger charge is -2.22. The van der Waals surface area contributed by atoms with Crippen molar-refractivity contribution < 1.29 is 5.11 Å². The van der Waals surface area contributed by atoms with Gasteiger partial charge >= 0.3 is 0 Å². The van der Waals surface area contributed by atoms with Gasteiger partial charge in [-0.05, 0) is 23.5 Å². The lowest BCUT2D eigenvalue weighted by molar-refractivity contribution is 0.449. The Morgan fingerprint density at radius 1 is 1.27 bits per heavy atom. The van der Waals surface area contributed by atoms with Crippen LogP contribution in [0.15, 0.2) is 12.1 Å². The molecule has 15 heavy (non-hydrogen) atoms. The second-order valence-electron chi connectivity index (χ2n) is 5.08. The molecule has 2 nitrogen and oxygen atoms in total. The van der Waals surface area contributed by atoms with E-state index in [0.717, 1.165) is 18.4 Å². The van der Waals surface area contributed by atoms with Gasteiger partial charge in [0, 0.05) is 5.56 Å². The van der Waals surface area contributed by atoms with Crippen LogP contribution in [-0.4, -0.2) is 5.11 Å². The summed E-state index contributed by atoms with van der Waals surface area (Å²) >= 11 is 0. The second kappa shape index (κ2) is 4.13. The van der Waals surface area contributed by atoms with Crippen molar-refractivity contribution in [2.45, 2.75) is 46.0 Å². The average molecular weight is 207 g/mol. The number of rotatable bonds is 2. The van der Waals surface area contributed by atoms with Crippen molar-refractivity contribution in [2.75, 3.05) is 5.73 Å². The number of phenols is 1. The van der Waals surface area contributed by atoms with E-state index in [1.165, 1.54) is 5.56 Å². The fourth-order valence-corrected chi connectivity index (χ4v) is 1.72. The SMILES string of the molecule is CCCc1cc(N)c(O)c(C(C)(C)C)c1. The van der Waals surface area contributed by atoms with E-state index in [-0.39, 0.29) is 11.2 Å². The number of nitrogen functional groups attached to an aromatic ring is 1. The van der Waals surface area contributed by atoms with Gasteiger partial charge in [-0.3, -0.25) is 0 Å². The molecule has 0 saturated heterocycles. The molecule has 0 aromatic heterocycles. The number of nitrogens with two attached hydrogens (primary N) is 1. The number of hydrogen-bond acceptors (Lipinski definition) is 2. The Bertz CT molecular complexity index is 350. The molecule has 0 atom stereocenters. The highest BCUT2D eigenvalue weighted by atomic mass is 16.3. The van der Waals surface area contributed by atoms with Crippen molar-refractivity contribution >= 4 is 5.69 Å². The first-order chi connectivity index (χ1) is 6.86. The Hall–Kier alpha value is -1.18. The maximum absolute atomic E-state index is 9.90. The van der Waals surface area contributed by atoms with Gasteiger partial charge in [0.15, 0.2) is 0 Å². The van der Waals surface area contributed by atoms with Crippen molar-refractivity contribution in [1.82, 2.24) is 0 Å². The van der Waals surface area contributed by atoms with Crippen LogP contribution in [0.3, 0.4) is 0 Å². The lowest BCUT2D eigenvalue weighted by Crippen LogP contribution is -2.12. The van der Waals surface area contributed by atoms with Crippen LogP contribution in [0.4, 0.5) is 5.69 Å². The van der Waals surface area contributed by atoms with E-state index in [4.69, 9.17) is 5.73 Å². The smallest absolute Gasteiger partial charge is 0.142 e. The zero-order valence-electron chi connectivity index (χ0n) is 10.1. The second-order valence-corrected chi connectivity index (χ2v) is 5.08. The summed E-state index contributed by atoms with van der Waals surface area (Å²) < 4.78 is 0. The molecule has 0 amide bonds. The van der Waals surface area contributed by atoms with Gasteiger partial charge in [-0.2, -0.15) is 0 Å². The Kier molecular flexibility index (Phi) is 3.28. The minimum Gasteiger partial charge on any atom is -0.505 e. The fraction of sp³-hybridized carbons (Fsp3) is 0.538. The van der Waals surface area contributed by atoms with Crippen LogP contribution in [0, 0.1) is 0 Å². The van der Waals surface area contributed by atoms with E-state index < -0.39 is 0 Å². The standard InChI is InChI=1S/C13H21NO/c1-5-6-9-7-10(13(2,3)4)12(15)11(14)8-9/h7-8,15H,5-6,14H2,1-4H3. The zero-order chi connectivity index (χ0) is 11.6. The summed E-state index contributed by atoms with van der Waals surface area (Å²) in [5.74, 6) is 0.238. The summed E-state index contributed by atoms with van der Waals surface area (Å²) in [6.45, 7) is 8.38. The maximum atomic E-state index is 9.90. The van der Waals surface area contributed by atoms with Gasteiger partial charge < -0.3 is 10.8 Å². The summed E-state index contributed by atoms with van der Waals surface area (Å²) in [5.41, 5.74) is 8.36. The van der Waals surface area contributed by atoms with Gasteiger partial charge in [0.1, 0.15) is 5.75 Å². The molecule has 3 N–H and O–H groups in total. The molecule has 0 saturated carbocycles. The first-order valence-electron chi connectivity index (χ1n) is 5.48. The van der Waals surface area contributed by atoms with Gasteiger partial charge in [0.2, 0.25) is 0 Å². The Labute approximate surface area is 92.1 Å². The van der Waals surface area contributed by atoms with Crippen LogP contribution in [0.1, 0.15) is 45.2 Å². The molecule has 0 fully saturated rings. The summed E-state index contributed by atoms with van der Waals surface area (Å²) in [6, 6.07) is 3.93. The van der Waals surface area contributed by atoms with Crippen LogP contribution < -0.4 is 5.73 Å². The van der Waals surface area contributed by atoms with Crippen molar-refractivity contribution in [3.63, 3.8) is 0 Å². The lowest BCUT2D eigenvalue weighted by atomic mass is 9.84. The molecule has 0 unspecified atom stereocenters. The molecule has 1 aromatic rings. The van der Waals surface area contributed by atoms with Gasteiger partial charge in [-0.15, -0.1) is 0 Å². The normalized spacial score (nSPS) is 11.7. The van der Waals surface area contributed by atoms with Crippen molar-refractivity contribution in [1.29, 1.82) is 0 Å². The summed E-state index contributed by atoms with van der Waals surface area (Å²) in [7, 11) is 0. The average Bonchev–Trinajstić information content (AvgIpc) is 2.09. The predicted octanol–water partition coefficient (Wildman–Crippen LogP) is 3.22. The molecule has 0 aliphatic rings. The zero-order valence-corrected chi connectivity index (χ0v) is 10.1. The molecule has 0 radical (unpaired) electrons. The van der Waals surface area contributed by atoms with Crippen LogP contribution in [0.25, 0.3) is 0 Å². The number of phenolic OH excluding ortho intramolecular Hbond substituents is 1. The van der Waals surface area contributed by atoms with E-state index in [1.54, 1.807) is 0 Å². The molecule has 0 spiro atoms. The monoisotopic (exact) mass is 207 g/mol. The Morgan fingerprint density at radius 3 is 2.33 bits per heavy atom. The van der Waals surface area contributed by atoms with Crippen molar-refractivity contribution in [2.24, 2.45) is 0 Å². The third-order valence-electron chi connectivity index (χ3n) is 2.55. The molecule has 1 aromatic carbocycles. The highest BCUT2D eigenvalue weighted by Gasteiger charge is 2.20. The van der Waals surface area contributed by atoms with Gasteiger partial charge in [-0.1, -0.05) is 40.2 Å². The third kappa shape index (κ3) is 2.65. The highest BCUT2D eigenvalue weighted by Crippen LogP contribution is 2.35. The van der Waals surface area contributed by atoms with Crippen LogP contribution in [-0.2, 0) is 11.8 Å². The van der Waals surface area contributed by atoms with Crippen LogP contribution in [0.5, 0.6) is 5.75 Å². The Balaban J connectivity index is 3.25. The quantitative estimate of drug-likeness (QED) is 0.577.